The molecule has 0 saturated heterocycles. The number of nitrogens with one attached hydrogen (secondary N) is 1. The summed E-state index contributed by atoms with van der Waals surface area (Å²) < 4.78 is 0. The zero-order valence-electron chi connectivity index (χ0n) is 8.90. The van der Waals surface area contributed by atoms with Crippen molar-refractivity contribution in [2.24, 2.45) is 0 Å². The van der Waals surface area contributed by atoms with Crippen molar-refractivity contribution in [1.29, 1.82) is 0 Å². The van der Waals surface area contributed by atoms with E-state index in [1.54, 1.807) is 12.4 Å². The maximum Gasteiger partial charge on any atom is 0.186 e. The zero-order valence-corrected chi connectivity index (χ0v) is 8.90. The van der Waals surface area contributed by atoms with Gasteiger partial charge in [0, 0.05) is 21.7 Å². The quantitative estimate of drug-likeness (QED) is 0.463. The van der Waals surface area contributed by atoms with Gasteiger partial charge in [-0.3, -0.25) is 4.79 Å². The van der Waals surface area contributed by atoms with Crippen LogP contribution in [-0.4, -0.2) is 9.97 Å². The zero-order chi connectivity index (χ0) is 11.4. The maximum absolute atomic E-state index is 11.9. The highest BCUT2D eigenvalue weighted by Gasteiger charge is 2.09. The Balaban J connectivity index is 2.53. The summed E-state index contributed by atoms with van der Waals surface area (Å²) in [5.41, 5.74) is 2.00. The molecule has 4 rings (SSSR count). The Bertz CT molecular complexity index is 892. The SMILES string of the molecule is O=c1ccc2ccc3nc[nH]c4ccc1c2c34. The fourth-order valence-electron chi connectivity index (χ4n) is 2.50. The third kappa shape index (κ3) is 1.00. The van der Waals surface area contributed by atoms with Crippen LogP contribution in [0.5, 0.6) is 0 Å². The lowest BCUT2D eigenvalue weighted by molar-refractivity contribution is 1.26. The average molecular weight is 220 g/mol. The predicted octanol–water partition coefficient (Wildman–Crippen LogP) is 2.67. The fourth-order valence-corrected chi connectivity index (χ4v) is 2.50. The maximum atomic E-state index is 11.9. The summed E-state index contributed by atoms with van der Waals surface area (Å²) in [5.74, 6) is 0. The van der Waals surface area contributed by atoms with Crippen LogP contribution in [0.15, 0.2) is 47.5 Å². The van der Waals surface area contributed by atoms with Crippen LogP contribution in [0.4, 0.5) is 0 Å². The number of benzene rings is 3. The van der Waals surface area contributed by atoms with Crippen molar-refractivity contribution in [1.82, 2.24) is 9.97 Å². The molecule has 80 valence electrons. The summed E-state index contributed by atoms with van der Waals surface area (Å²) in [4.78, 5) is 19.3. The van der Waals surface area contributed by atoms with Crippen molar-refractivity contribution >= 4 is 32.6 Å². The van der Waals surface area contributed by atoms with E-state index in [0.29, 0.717) is 0 Å². The normalized spacial score (nSPS) is 11.8. The summed E-state index contributed by atoms with van der Waals surface area (Å²) in [6.45, 7) is 0. The molecule has 0 spiro atoms. The molecule has 1 N–H and O–H groups in total. The van der Waals surface area contributed by atoms with Gasteiger partial charge in [-0.15, -0.1) is 0 Å². The lowest BCUT2D eigenvalue weighted by Crippen LogP contribution is -2.00. The summed E-state index contributed by atoms with van der Waals surface area (Å²) in [7, 11) is 0. The second-order valence-electron chi connectivity index (χ2n) is 4.18. The smallest absolute Gasteiger partial charge is 0.186 e. The molecule has 0 unspecified atom stereocenters. The van der Waals surface area contributed by atoms with Crippen LogP contribution in [0.3, 0.4) is 0 Å². The van der Waals surface area contributed by atoms with E-state index in [1.165, 1.54) is 0 Å². The second kappa shape index (κ2) is 2.83. The van der Waals surface area contributed by atoms with Crippen LogP contribution in [0.1, 0.15) is 0 Å². The van der Waals surface area contributed by atoms with Crippen molar-refractivity contribution in [3.8, 4) is 0 Å². The van der Waals surface area contributed by atoms with Crippen LogP contribution in [0, 0.1) is 0 Å². The fraction of sp³-hybridized carbons (Fsp3) is 0. The molecular weight excluding hydrogens is 212 g/mol. The van der Waals surface area contributed by atoms with E-state index in [9.17, 15) is 4.79 Å². The van der Waals surface area contributed by atoms with Gasteiger partial charge in [-0.05, 0) is 29.7 Å². The van der Waals surface area contributed by atoms with Crippen LogP contribution in [0.2, 0.25) is 0 Å². The van der Waals surface area contributed by atoms with E-state index in [2.05, 4.69) is 9.97 Å². The van der Waals surface area contributed by atoms with Crippen LogP contribution >= 0.6 is 0 Å². The predicted molar refractivity (Wildman–Crippen MR) is 68.6 cm³/mol. The highest BCUT2D eigenvalue weighted by molar-refractivity contribution is 6.20. The number of aromatic amines is 1. The average Bonchev–Trinajstić information content (AvgIpc) is 2.38. The first-order valence-corrected chi connectivity index (χ1v) is 5.46. The molecular formula is C14H8N2O. The summed E-state index contributed by atoms with van der Waals surface area (Å²) >= 11 is 0. The standard InChI is InChI=1S/C14H8N2O/c17-12-6-2-8-1-4-10-14-11(16-7-15-10)5-3-9(12)13(8)14/h1-7H,(H,15,16). The van der Waals surface area contributed by atoms with Gasteiger partial charge in [-0.2, -0.15) is 0 Å². The van der Waals surface area contributed by atoms with Crippen molar-refractivity contribution in [3.05, 3.63) is 52.9 Å². The monoisotopic (exact) mass is 220 g/mol. The highest BCUT2D eigenvalue weighted by Crippen LogP contribution is 2.30. The first-order chi connectivity index (χ1) is 8.34. The number of nitrogens with zero attached hydrogens (tertiary/aromatic N) is 1. The van der Waals surface area contributed by atoms with E-state index < -0.39 is 0 Å². The van der Waals surface area contributed by atoms with E-state index in [4.69, 9.17) is 0 Å². The van der Waals surface area contributed by atoms with Gasteiger partial charge in [-0.1, -0.05) is 12.1 Å². The summed E-state index contributed by atoms with van der Waals surface area (Å²) in [5, 5.41) is 3.90. The first kappa shape index (κ1) is 8.70. The van der Waals surface area contributed by atoms with Crippen LogP contribution in [0.25, 0.3) is 32.6 Å². The van der Waals surface area contributed by atoms with Gasteiger partial charge in [0.05, 0.1) is 11.8 Å². The molecule has 3 heteroatoms. The molecule has 0 aliphatic heterocycles. The molecule has 0 atom stereocenters. The van der Waals surface area contributed by atoms with Gasteiger partial charge >= 0.3 is 0 Å². The van der Waals surface area contributed by atoms with Gasteiger partial charge in [0.2, 0.25) is 0 Å². The molecule has 3 aromatic carbocycles. The number of H-pyrrole nitrogens is 1. The van der Waals surface area contributed by atoms with Gasteiger partial charge in [-0.25, -0.2) is 4.98 Å². The topological polar surface area (TPSA) is 45.8 Å². The molecule has 0 amide bonds. The Morgan fingerprint density at radius 2 is 1.82 bits per heavy atom. The van der Waals surface area contributed by atoms with E-state index in [0.717, 1.165) is 32.6 Å². The number of aromatic nitrogens is 2. The first-order valence-electron chi connectivity index (χ1n) is 5.46. The lowest BCUT2D eigenvalue weighted by Gasteiger charge is -2.08. The molecule has 0 aliphatic rings. The van der Waals surface area contributed by atoms with E-state index in [1.807, 2.05) is 30.3 Å². The Labute approximate surface area is 96.1 Å². The van der Waals surface area contributed by atoms with Crippen molar-refractivity contribution in [3.63, 3.8) is 0 Å². The Hall–Kier alpha value is -2.42. The third-order valence-corrected chi connectivity index (χ3v) is 3.27. The molecule has 3 nitrogen and oxygen atoms in total. The Morgan fingerprint density at radius 1 is 0.941 bits per heavy atom. The van der Waals surface area contributed by atoms with Gasteiger partial charge in [0.25, 0.3) is 0 Å². The largest absolute Gasteiger partial charge is 0.346 e. The number of hydrogen-bond acceptors (Lipinski definition) is 2. The molecule has 17 heavy (non-hydrogen) atoms. The molecule has 0 radical (unpaired) electrons. The second-order valence-corrected chi connectivity index (χ2v) is 4.18. The Morgan fingerprint density at radius 3 is 2.76 bits per heavy atom. The van der Waals surface area contributed by atoms with Crippen molar-refractivity contribution < 1.29 is 0 Å². The van der Waals surface area contributed by atoms with Crippen molar-refractivity contribution in [2.75, 3.05) is 0 Å². The molecule has 0 saturated carbocycles. The molecule has 1 heterocycles. The molecule has 1 aromatic heterocycles. The minimum Gasteiger partial charge on any atom is -0.346 e. The van der Waals surface area contributed by atoms with E-state index >= 15 is 0 Å². The summed E-state index contributed by atoms with van der Waals surface area (Å²) in [6, 6.07) is 11.3. The van der Waals surface area contributed by atoms with Gasteiger partial charge in [0.15, 0.2) is 5.43 Å². The van der Waals surface area contributed by atoms with Crippen LogP contribution < -0.4 is 5.43 Å². The molecule has 4 aromatic rings. The van der Waals surface area contributed by atoms with Crippen molar-refractivity contribution in [2.45, 2.75) is 0 Å². The Kier molecular flexibility index (Phi) is 1.45. The van der Waals surface area contributed by atoms with E-state index in [-0.39, 0.29) is 5.43 Å². The molecule has 0 fully saturated rings. The lowest BCUT2D eigenvalue weighted by atomic mass is 9.99. The molecule has 0 bridgehead atoms. The van der Waals surface area contributed by atoms with Gasteiger partial charge in [0.1, 0.15) is 0 Å². The minimum absolute atomic E-state index is 0.0655. The number of hydrogen-bond donors (Lipinski definition) is 1. The summed E-state index contributed by atoms with van der Waals surface area (Å²) in [6.07, 6.45) is 1.68. The number of rotatable bonds is 0. The minimum atomic E-state index is 0.0655. The van der Waals surface area contributed by atoms with Gasteiger partial charge < -0.3 is 4.98 Å². The van der Waals surface area contributed by atoms with Crippen LogP contribution in [-0.2, 0) is 0 Å². The highest BCUT2D eigenvalue weighted by atomic mass is 16.1. The molecule has 0 aliphatic carbocycles. The third-order valence-electron chi connectivity index (χ3n) is 3.27.